The van der Waals surface area contributed by atoms with E-state index in [1.807, 2.05) is 25.9 Å². The van der Waals surface area contributed by atoms with E-state index in [-0.39, 0.29) is 0 Å². The van der Waals surface area contributed by atoms with Gasteiger partial charge in [0.15, 0.2) is 0 Å². The first kappa shape index (κ1) is 17.4. The number of phenolic OH excluding ortho intramolecular Hbond substituents is 1. The monoisotopic (exact) mass is 295 g/mol. The molecule has 3 heteroatoms. The maximum atomic E-state index is 10.4. The van der Waals surface area contributed by atoms with Crippen LogP contribution in [0.15, 0.2) is 12.1 Å². The van der Waals surface area contributed by atoms with Crippen molar-refractivity contribution in [1.29, 1.82) is 0 Å². The van der Waals surface area contributed by atoms with E-state index in [0.717, 1.165) is 30.5 Å². The number of aryl methyl sites for hydroxylation is 2. The average Bonchev–Trinajstić information content (AvgIpc) is 2.38. The van der Waals surface area contributed by atoms with Crippen LogP contribution >= 0.6 is 11.8 Å². The van der Waals surface area contributed by atoms with E-state index in [0.29, 0.717) is 5.75 Å². The Labute approximate surface area is 128 Å². The van der Waals surface area contributed by atoms with E-state index < -0.39 is 0 Å². The molecule has 0 aromatic heterocycles. The second-order valence-corrected chi connectivity index (χ2v) is 6.96. The second-order valence-electron chi connectivity index (χ2n) is 5.74. The van der Waals surface area contributed by atoms with Gasteiger partial charge in [0, 0.05) is 12.1 Å². The summed E-state index contributed by atoms with van der Waals surface area (Å²) in [6.45, 7) is 5.14. The number of aromatic hydroxyl groups is 1. The van der Waals surface area contributed by atoms with Gasteiger partial charge in [0.05, 0.1) is 0 Å². The molecular formula is C17H29NOS. The molecule has 0 amide bonds. The summed E-state index contributed by atoms with van der Waals surface area (Å²) in [5, 5.41) is 10.4. The third-order valence-corrected chi connectivity index (χ3v) is 4.43. The minimum atomic E-state index is 0.503. The molecule has 0 aliphatic carbocycles. The van der Waals surface area contributed by atoms with Crippen molar-refractivity contribution in [2.24, 2.45) is 0 Å². The predicted molar refractivity (Wildman–Crippen MR) is 90.8 cm³/mol. The van der Waals surface area contributed by atoms with Gasteiger partial charge in [-0.05, 0) is 57.4 Å². The minimum absolute atomic E-state index is 0.503. The highest BCUT2D eigenvalue weighted by Gasteiger charge is 2.09. The van der Waals surface area contributed by atoms with Crippen molar-refractivity contribution in [2.75, 3.05) is 25.6 Å². The van der Waals surface area contributed by atoms with Crippen LogP contribution < -0.4 is 0 Å². The summed E-state index contributed by atoms with van der Waals surface area (Å²) in [7, 11) is 4.07. The summed E-state index contributed by atoms with van der Waals surface area (Å²) in [6, 6.07) is 4.22. The highest BCUT2D eigenvalue weighted by molar-refractivity contribution is 7.99. The van der Waals surface area contributed by atoms with E-state index >= 15 is 0 Å². The van der Waals surface area contributed by atoms with Crippen LogP contribution in [0.5, 0.6) is 5.75 Å². The molecule has 1 aromatic rings. The van der Waals surface area contributed by atoms with Crippen LogP contribution in [0.4, 0.5) is 0 Å². The number of hydrogen-bond donors (Lipinski definition) is 1. The number of nitrogens with zero attached hydrogens (tertiary/aromatic N) is 1. The Morgan fingerprint density at radius 1 is 1.10 bits per heavy atom. The molecule has 1 N–H and O–H groups in total. The number of unbranched alkanes of at least 4 members (excludes halogenated alkanes) is 1. The van der Waals surface area contributed by atoms with Gasteiger partial charge in [-0.1, -0.05) is 31.0 Å². The Kier molecular flexibility index (Phi) is 8.08. The molecule has 0 atom stereocenters. The van der Waals surface area contributed by atoms with Gasteiger partial charge in [0.1, 0.15) is 5.75 Å². The summed E-state index contributed by atoms with van der Waals surface area (Å²) < 4.78 is 0. The van der Waals surface area contributed by atoms with Gasteiger partial charge in [0.25, 0.3) is 0 Å². The quantitative estimate of drug-likeness (QED) is 0.690. The third kappa shape index (κ3) is 6.19. The molecule has 0 unspecified atom stereocenters. The predicted octanol–water partition coefficient (Wildman–Crippen LogP) is 4.23. The number of rotatable bonds is 9. The molecule has 0 saturated carbocycles. The van der Waals surface area contributed by atoms with E-state index in [4.69, 9.17) is 0 Å². The number of benzene rings is 1. The lowest BCUT2D eigenvalue weighted by atomic mass is 10.0. The summed E-state index contributed by atoms with van der Waals surface area (Å²) in [5.74, 6) is 2.96. The van der Waals surface area contributed by atoms with Crippen LogP contribution in [0.1, 0.15) is 42.9 Å². The van der Waals surface area contributed by atoms with Crippen LogP contribution in [0.25, 0.3) is 0 Å². The zero-order valence-electron chi connectivity index (χ0n) is 13.4. The second kappa shape index (κ2) is 9.30. The van der Waals surface area contributed by atoms with Gasteiger partial charge in [0.2, 0.25) is 0 Å². The van der Waals surface area contributed by atoms with Crippen LogP contribution in [0.3, 0.4) is 0 Å². The average molecular weight is 295 g/mol. The van der Waals surface area contributed by atoms with Crippen molar-refractivity contribution in [1.82, 2.24) is 4.90 Å². The van der Waals surface area contributed by atoms with Crippen molar-refractivity contribution in [3.63, 3.8) is 0 Å². The van der Waals surface area contributed by atoms with E-state index in [9.17, 15) is 5.11 Å². The maximum absolute atomic E-state index is 10.4. The molecule has 20 heavy (non-hydrogen) atoms. The number of thioether (sulfide) groups is 1. The first-order chi connectivity index (χ1) is 9.54. The minimum Gasteiger partial charge on any atom is -0.507 e. The van der Waals surface area contributed by atoms with Crippen LogP contribution in [0, 0.1) is 6.92 Å². The lowest BCUT2D eigenvalue weighted by Crippen LogP contribution is -2.11. The summed E-state index contributed by atoms with van der Waals surface area (Å²) in [5.41, 5.74) is 3.40. The Bertz CT molecular complexity index is 404. The van der Waals surface area contributed by atoms with Gasteiger partial charge >= 0.3 is 0 Å². The van der Waals surface area contributed by atoms with Gasteiger partial charge in [-0.2, -0.15) is 11.8 Å². The molecular weight excluding hydrogens is 266 g/mol. The topological polar surface area (TPSA) is 23.5 Å². The normalized spacial score (nSPS) is 11.2. The zero-order valence-corrected chi connectivity index (χ0v) is 14.2. The SMILES string of the molecule is CCCCSCCCc1cc(C)cc(CN(C)C)c1O. The van der Waals surface area contributed by atoms with Gasteiger partial charge < -0.3 is 10.0 Å². The molecule has 0 saturated heterocycles. The molecule has 1 aromatic carbocycles. The molecule has 0 radical (unpaired) electrons. The van der Waals surface area contributed by atoms with Gasteiger partial charge in [-0.3, -0.25) is 0 Å². The molecule has 0 spiro atoms. The fourth-order valence-electron chi connectivity index (χ4n) is 2.30. The van der Waals surface area contributed by atoms with Crippen molar-refractivity contribution in [3.8, 4) is 5.75 Å². The molecule has 0 aliphatic heterocycles. The first-order valence-corrected chi connectivity index (χ1v) is 8.74. The van der Waals surface area contributed by atoms with Crippen LogP contribution in [-0.2, 0) is 13.0 Å². The molecule has 0 heterocycles. The van der Waals surface area contributed by atoms with E-state index in [1.54, 1.807) is 0 Å². The molecule has 2 nitrogen and oxygen atoms in total. The smallest absolute Gasteiger partial charge is 0.123 e. The van der Waals surface area contributed by atoms with Crippen molar-refractivity contribution < 1.29 is 5.11 Å². The Morgan fingerprint density at radius 3 is 2.40 bits per heavy atom. The fourth-order valence-corrected chi connectivity index (χ4v) is 3.34. The first-order valence-electron chi connectivity index (χ1n) is 7.58. The van der Waals surface area contributed by atoms with Crippen LogP contribution in [0.2, 0.25) is 0 Å². The summed E-state index contributed by atoms with van der Waals surface area (Å²) >= 11 is 2.03. The van der Waals surface area contributed by atoms with Crippen molar-refractivity contribution in [3.05, 3.63) is 28.8 Å². The zero-order chi connectivity index (χ0) is 15.0. The molecule has 0 aliphatic rings. The number of hydrogen-bond acceptors (Lipinski definition) is 3. The standard InChI is InChI=1S/C17H29NOS/c1-5-6-9-20-10-7-8-15-11-14(2)12-16(17(15)19)13-18(3)4/h11-12,19H,5-10,13H2,1-4H3. The largest absolute Gasteiger partial charge is 0.507 e. The van der Waals surface area contributed by atoms with Gasteiger partial charge in [-0.25, -0.2) is 0 Å². The molecule has 1 rings (SSSR count). The van der Waals surface area contributed by atoms with E-state index in [2.05, 4.69) is 30.9 Å². The lowest BCUT2D eigenvalue weighted by molar-refractivity contribution is 0.384. The number of phenols is 1. The molecule has 114 valence electrons. The Hall–Kier alpha value is -0.670. The summed E-state index contributed by atoms with van der Waals surface area (Å²) in [6.07, 6.45) is 4.72. The van der Waals surface area contributed by atoms with E-state index in [1.165, 1.54) is 29.9 Å². The Morgan fingerprint density at radius 2 is 1.75 bits per heavy atom. The maximum Gasteiger partial charge on any atom is 0.123 e. The van der Waals surface area contributed by atoms with Gasteiger partial charge in [-0.15, -0.1) is 0 Å². The Balaban J connectivity index is 2.54. The van der Waals surface area contributed by atoms with Crippen molar-refractivity contribution >= 4 is 11.8 Å². The molecule has 0 fully saturated rings. The summed E-state index contributed by atoms with van der Waals surface area (Å²) in [4.78, 5) is 2.10. The highest BCUT2D eigenvalue weighted by atomic mass is 32.2. The highest BCUT2D eigenvalue weighted by Crippen LogP contribution is 2.27. The van der Waals surface area contributed by atoms with Crippen LogP contribution in [-0.4, -0.2) is 35.6 Å². The lowest BCUT2D eigenvalue weighted by Gasteiger charge is -2.15. The third-order valence-electron chi connectivity index (χ3n) is 3.28. The fraction of sp³-hybridized carbons (Fsp3) is 0.647. The molecule has 0 bridgehead atoms. The van der Waals surface area contributed by atoms with Crippen molar-refractivity contribution in [2.45, 2.75) is 46.1 Å².